The number of fused-ring (bicyclic) bond motifs is 7. The average Bonchev–Trinajstić information content (AvgIpc) is 3.14. The van der Waals surface area contributed by atoms with Gasteiger partial charge in [0.25, 0.3) is 0 Å². The van der Waals surface area contributed by atoms with Crippen molar-refractivity contribution in [1.29, 1.82) is 0 Å². The molecule has 2 saturated heterocycles. The standard InChI is InChI=1S/C26H39FO2/c1-16-23-22(29-26(16)10-4-5-13-28-26)15-21-19-7-6-17-14-18(27)8-11-24(17,2)20(19)9-12-25(21,23)3/h6,16,18-23H,4-5,7-15H2,1-3H3/t16-,18-,19+,20-,21-,22-,23-,24-,25-,26+/m0/s1. The van der Waals surface area contributed by atoms with Crippen LogP contribution in [0.4, 0.5) is 4.39 Å². The molecule has 0 aromatic carbocycles. The van der Waals surface area contributed by atoms with Crippen molar-refractivity contribution >= 4 is 0 Å². The number of ether oxygens (including phenoxy) is 2. The van der Waals surface area contributed by atoms with Crippen LogP contribution in [0.2, 0.25) is 0 Å². The highest BCUT2D eigenvalue weighted by molar-refractivity contribution is 5.26. The quantitative estimate of drug-likeness (QED) is 0.434. The van der Waals surface area contributed by atoms with Crippen LogP contribution in [0.25, 0.3) is 0 Å². The van der Waals surface area contributed by atoms with Gasteiger partial charge in [-0.2, -0.15) is 0 Å². The molecule has 3 heteroatoms. The number of allylic oxidation sites excluding steroid dienone is 2. The summed E-state index contributed by atoms with van der Waals surface area (Å²) >= 11 is 0. The molecule has 5 fully saturated rings. The highest BCUT2D eigenvalue weighted by Gasteiger charge is 2.68. The molecule has 3 saturated carbocycles. The summed E-state index contributed by atoms with van der Waals surface area (Å²) in [6.07, 6.45) is 13.4. The average molecular weight is 403 g/mol. The molecular formula is C26H39FO2. The van der Waals surface area contributed by atoms with Crippen molar-refractivity contribution in [2.75, 3.05) is 6.61 Å². The van der Waals surface area contributed by atoms with Gasteiger partial charge in [-0.1, -0.05) is 32.4 Å². The first-order chi connectivity index (χ1) is 13.9. The molecule has 4 aliphatic carbocycles. The van der Waals surface area contributed by atoms with Crippen molar-refractivity contribution in [2.24, 2.45) is 40.4 Å². The molecule has 6 aliphatic rings. The summed E-state index contributed by atoms with van der Waals surface area (Å²) in [5.41, 5.74) is 2.10. The van der Waals surface area contributed by atoms with Gasteiger partial charge in [0.15, 0.2) is 5.79 Å². The van der Waals surface area contributed by atoms with Crippen molar-refractivity contribution in [1.82, 2.24) is 0 Å². The van der Waals surface area contributed by atoms with Crippen LogP contribution in [0.5, 0.6) is 0 Å². The third-order valence-electron chi connectivity index (χ3n) is 11.0. The minimum atomic E-state index is -0.605. The number of rotatable bonds is 0. The van der Waals surface area contributed by atoms with E-state index in [9.17, 15) is 4.39 Å². The van der Waals surface area contributed by atoms with E-state index in [1.165, 1.54) is 44.1 Å². The number of halogens is 1. The Hall–Kier alpha value is -0.410. The Kier molecular flexibility index (Phi) is 4.20. The smallest absolute Gasteiger partial charge is 0.171 e. The van der Waals surface area contributed by atoms with E-state index in [0.29, 0.717) is 29.8 Å². The molecule has 29 heavy (non-hydrogen) atoms. The summed E-state index contributed by atoms with van der Waals surface area (Å²) in [5, 5.41) is 0. The molecule has 0 radical (unpaired) electrons. The third-order valence-corrected chi connectivity index (χ3v) is 11.0. The lowest BCUT2D eigenvalue weighted by Crippen LogP contribution is -2.52. The van der Waals surface area contributed by atoms with Gasteiger partial charge in [0, 0.05) is 18.8 Å². The Balaban J connectivity index is 1.30. The van der Waals surface area contributed by atoms with E-state index >= 15 is 0 Å². The van der Waals surface area contributed by atoms with Crippen molar-refractivity contribution < 1.29 is 13.9 Å². The predicted molar refractivity (Wildman–Crippen MR) is 112 cm³/mol. The van der Waals surface area contributed by atoms with Crippen LogP contribution in [-0.4, -0.2) is 24.7 Å². The minimum absolute atomic E-state index is 0.255. The van der Waals surface area contributed by atoms with E-state index in [-0.39, 0.29) is 11.2 Å². The summed E-state index contributed by atoms with van der Waals surface area (Å²) in [7, 11) is 0. The SMILES string of the molecule is C[C@H]1[C@H]2[C@H](C[C@H]3[C@@H]4CC=C5C[C@@H](F)CC[C@]5(C)[C@H]4CC[C@]23C)O[C@]12CCCCO2. The Morgan fingerprint density at radius 1 is 1.07 bits per heavy atom. The van der Waals surface area contributed by atoms with Gasteiger partial charge in [-0.3, -0.25) is 0 Å². The van der Waals surface area contributed by atoms with E-state index < -0.39 is 6.17 Å². The molecule has 1 spiro atoms. The van der Waals surface area contributed by atoms with E-state index in [2.05, 4.69) is 26.8 Å². The lowest BCUT2D eigenvalue weighted by Gasteiger charge is -2.58. The fraction of sp³-hybridized carbons (Fsp3) is 0.923. The summed E-state index contributed by atoms with van der Waals surface area (Å²) in [6, 6.07) is 0. The zero-order valence-corrected chi connectivity index (χ0v) is 18.6. The third kappa shape index (κ3) is 2.47. The predicted octanol–water partition coefficient (Wildman–Crippen LogP) is 6.45. The molecule has 0 unspecified atom stereocenters. The second-order valence-electron chi connectivity index (χ2n) is 12.0. The monoisotopic (exact) mass is 402 g/mol. The summed E-state index contributed by atoms with van der Waals surface area (Å²) in [5.74, 6) is 3.14. The van der Waals surface area contributed by atoms with Crippen LogP contribution in [0, 0.1) is 40.4 Å². The number of alkyl halides is 1. The van der Waals surface area contributed by atoms with E-state index in [1.807, 2.05) is 0 Å². The van der Waals surface area contributed by atoms with Gasteiger partial charge in [-0.25, -0.2) is 4.39 Å². The molecule has 0 aromatic rings. The first-order valence-corrected chi connectivity index (χ1v) is 12.5. The first-order valence-electron chi connectivity index (χ1n) is 12.5. The molecule has 0 N–H and O–H groups in total. The normalized spacial score (nSPS) is 58.9. The topological polar surface area (TPSA) is 18.5 Å². The van der Waals surface area contributed by atoms with Crippen molar-refractivity contribution in [2.45, 2.75) is 103 Å². The van der Waals surface area contributed by atoms with Gasteiger partial charge in [0.05, 0.1) is 12.7 Å². The second kappa shape index (κ2) is 6.31. The fourth-order valence-electron chi connectivity index (χ4n) is 9.54. The van der Waals surface area contributed by atoms with E-state index in [0.717, 1.165) is 43.6 Å². The Bertz CT molecular complexity index is 711. The van der Waals surface area contributed by atoms with Crippen LogP contribution in [0.1, 0.15) is 85.0 Å². The zero-order chi connectivity index (χ0) is 20.0. The molecule has 0 bridgehead atoms. The summed E-state index contributed by atoms with van der Waals surface area (Å²) in [6.45, 7) is 8.37. The molecule has 162 valence electrons. The molecular weight excluding hydrogens is 363 g/mol. The van der Waals surface area contributed by atoms with Gasteiger partial charge in [-0.15, -0.1) is 0 Å². The molecule has 10 atom stereocenters. The lowest BCUT2D eigenvalue weighted by molar-refractivity contribution is -0.264. The van der Waals surface area contributed by atoms with Gasteiger partial charge < -0.3 is 9.47 Å². The fourth-order valence-corrected chi connectivity index (χ4v) is 9.54. The van der Waals surface area contributed by atoms with Crippen LogP contribution >= 0.6 is 0 Å². The zero-order valence-electron chi connectivity index (χ0n) is 18.6. The van der Waals surface area contributed by atoms with Crippen LogP contribution < -0.4 is 0 Å². The van der Waals surface area contributed by atoms with Gasteiger partial charge in [0.2, 0.25) is 0 Å². The highest BCUT2D eigenvalue weighted by atomic mass is 19.1. The van der Waals surface area contributed by atoms with Gasteiger partial charge in [-0.05, 0) is 85.9 Å². The first kappa shape index (κ1) is 19.3. The summed E-state index contributed by atoms with van der Waals surface area (Å²) in [4.78, 5) is 0. The largest absolute Gasteiger partial charge is 0.350 e. The second-order valence-corrected chi connectivity index (χ2v) is 12.0. The maximum atomic E-state index is 14.1. The van der Waals surface area contributed by atoms with Gasteiger partial charge >= 0.3 is 0 Å². The lowest BCUT2D eigenvalue weighted by atomic mass is 9.47. The number of hydrogen-bond donors (Lipinski definition) is 0. The van der Waals surface area contributed by atoms with Crippen LogP contribution in [0.15, 0.2) is 11.6 Å². The van der Waals surface area contributed by atoms with Crippen LogP contribution in [-0.2, 0) is 9.47 Å². The maximum Gasteiger partial charge on any atom is 0.171 e. The molecule has 6 rings (SSSR count). The van der Waals surface area contributed by atoms with Crippen molar-refractivity contribution in [3.8, 4) is 0 Å². The Morgan fingerprint density at radius 2 is 1.93 bits per heavy atom. The number of hydrogen-bond acceptors (Lipinski definition) is 2. The molecule has 2 nitrogen and oxygen atoms in total. The Morgan fingerprint density at radius 3 is 2.72 bits per heavy atom. The Labute approximate surface area is 176 Å². The van der Waals surface area contributed by atoms with Crippen LogP contribution in [0.3, 0.4) is 0 Å². The molecule has 2 aliphatic heterocycles. The maximum absolute atomic E-state index is 14.1. The molecule has 0 aromatic heterocycles. The van der Waals surface area contributed by atoms with Gasteiger partial charge in [0.1, 0.15) is 6.17 Å². The summed E-state index contributed by atoms with van der Waals surface area (Å²) < 4.78 is 27.3. The van der Waals surface area contributed by atoms with Crippen molar-refractivity contribution in [3.05, 3.63) is 11.6 Å². The highest BCUT2D eigenvalue weighted by Crippen LogP contribution is 2.70. The molecule has 2 heterocycles. The minimum Gasteiger partial charge on any atom is -0.350 e. The molecule has 0 amide bonds. The van der Waals surface area contributed by atoms with E-state index in [1.54, 1.807) is 0 Å². The van der Waals surface area contributed by atoms with E-state index in [4.69, 9.17) is 9.47 Å². The van der Waals surface area contributed by atoms with Crippen molar-refractivity contribution in [3.63, 3.8) is 0 Å².